The summed E-state index contributed by atoms with van der Waals surface area (Å²) in [6.07, 6.45) is 0.763. The molecule has 1 fully saturated rings. The number of carboxylic acid groups (broad SMARTS) is 1. The van der Waals surface area contributed by atoms with Crippen LogP contribution < -0.4 is 5.32 Å². The third-order valence-corrected chi connectivity index (χ3v) is 6.57. The van der Waals surface area contributed by atoms with Gasteiger partial charge in [-0.2, -0.15) is 0 Å². The van der Waals surface area contributed by atoms with Crippen molar-refractivity contribution in [1.82, 2.24) is 10.2 Å². The summed E-state index contributed by atoms with van der Waals surface area (Å²) in [4.78, 5) is 39.1. The standard InChI is InChI=1S/C27H32N2O5/c1-27(2,3)15-22(24(30)29-14-8-13-23(29)25(31)32)28-26(33)34-16-21-19-11-6-4-9-17(19)18-10-5-7-12-20(18)21/h4-7,9-12,21-23H,8,13-16H2,1-3H3,(H,28,33)(H,31,32)/t22?,23-/m0/s1. The molecule has 0 saturated carbocycles. The van der Waals surface area contributed by atoms with E-state index in [1.807, 2.05) is 57.2 Å². The lowest BCUT2D eigenvalue weighted by atomic mass is 9.87. The first kappa shape index (κ1) is 23.8. The Morgan fingerprint density at radius 2 is 1.65 bits per heavy atom. The maximum atomic E-state index is 13.3. The number of fused-ring (bicyclic) bond motifs is 3. The van der Waals surface area contributed by atoms with Gasteiger partial charge in [0.15, 0.2) is 0 Å². The van der Waals surface area contributed by atoms with Crippen molar-refractivity contribution in [3.63, 3.8) is 0 Å². The number of aliphatic carboxylic acids is 1. The van der Waals surface area contributed by atoms with Crippen molar-refractivity contribution in [1.29, 1.82) is 0 Å². The van der Waals surface area contributed by atoms with Gasteiger partial charge in [-0.3, -0.25) is 4.79 Å². The molecule has 0 aromatic heterocycles. The summed E-state index contributed by atoms with van der Waals surface area (Å²) in [6, 6.07) is 14.5. The summed E-state index contributed by atoms with van der Waals surface area (Å²) >= 11 is 0. The SMILES string of the molecule is CC(C)(C)CC(NC(=O)OCC1c2ccccc2-c2ccccc21)C(=O)N1CCC[C@H]1C(=O)O. The van der Waals surface area contributed by atoms with Gasteiger partial charge < -0.3 is 20.1 Å². The van der Waals surface area contributed by atoms with Crippen LogP contribution in [0.1, 0.15) is 57.1 Å². The first-order chi connectivity index (χ1) is 16.2. The molecule has 1 saturated heterocycles. The molecule has 7 heteroatoms. The van der Waals surface area contributed by atoms with Crippen molar-refractivity contribution < 1.29 is 24.2 Å². The highest BCUT2D eigenvalue weighted by molar-refractivity contribution is 5.90. The molecule has 34 heavy (non-hydrogen) atoms. The Bertz CT molecular complexity index is 1040. The summed E-state index contributed by atoms with van der Waals surface area (Å²) < 4.78 is 5.63. The molecule has 0 spiro atoms. The predicted octanol–water partition coefficient (Wildman–Crippen LogP) is 4.41. The van der Waals surface area contributed by atoms with Crippen LogP contribution in [-0.2, 0) is 14.3 Å². The number of amides is 2. The van der Waals surface area contributed by atoms with E-state index in [1.54, 1.807) is 0 Å². The molecule has 1 aliphatic carbocycles. The predicted molar refractivity (Wildman–Crippen MR) is 128 cm³/mol. The van der Waals surface area contributed by atoms with Gasteiger partial charge in [0.25, 0.3) is 0 Å². The van der Waals surface area contributed by atoms with Crippen LogP contribution in [0.4, 0.5) is 4.79 Å². The topological polar surface area (TPSA) is 95.9 Å². The van der Waals surface area contributed by atoms with Crippen molar-refractivity contribution in [3.05, 3.63) is 59.7 Å². The molecule has 180 valence electrons. The third-order valence-electron chi connectivity index (χ3n) is 6.57. The van der Waals surface area contributed by atoms with E-state index in [2.05, 4.69) is 17.4 Å². The number of carboxylic acids is 1. The van der Waals surface area contributed by atoms with Crippen LogP contribution in [0.5, 0.6) is 0 Å². The average molecular weight is 465 g/mol. The molecular weight excluding hydrogens is 432 g/mol. The van der Waals surface area contributed by atoms with E-state index in [4.69, 9.17) is 4.74 Å². The lowest BCUT2D eigenvalue weighted by molar-refractivity contribution is -0.149. The second kappa shape index (κ2) is 9.49. The Labute approximate surface area is 200 Å². The molecule has 1 aliphatic heterocycles. The first-order valence-corrected chi connectivity index (χ1v) is 11.8. The van der Waals surface area contributed by atoms with Crippen LogP contribution >= 0.6 is 0 Å². The summed E-state index contributed by atoms with van der Waals surface area (Å²) in [5.41, 5.74) is 4.25. The molecule has 2 amide bonds. The number of rotatable bonds is 6. The number of nitrogens with zero attached hydrogens (tertiary/aromatic N) is 1. The van der Waals surface area contributed by atoms with Gasteiger partial charge in [0.2, 0.25) is 5.91 Å². The summed E-state index contributed by atoms with van der Waals surface area (Å²) in [5.74, 6) is -1.46. The van der Waals surface area contributed by atoms with Gasteiger partial charge in [-0.05, 0) is 46.9 Å². The van der Waals surface area contributed by atoms with Crippen molar-refractivity contribution in [3.8, 4) is 11.1 Å². The number of alkyl carbamates (subject to hydrolysis) is 1. The van der Waals surface area contributed by atoms with Crippen LogP contribution in [-0.4, -0.2) is 53.2 Å². The number of hydrogen-bond donors (Lipinski definition) is 2. The number of nitrogens with one attached hydrogen (secondary N) is 1. The summed E-state index contributed by atoms with van der Waals surface area (Å²) in [5, 5.41) is 12.2. The highest BCUT2D eigenvalue weighted by Crippen LogP contribution is 2.44. The third kappa shape index (κ3) is 4.93. The fraction of sp³-hybridized carbons (Fsp3) is 0.444. The second-order valence-corrected chi connectivity index (χ2v) is 10.3. The normalized spacial score (nSPS) is 18.2. The van der Waals surface area contributed by atoms with E-state index in [0.29, 0.717) is 25.8 Å². The monoisotopic (exact) mass is 464 g/mol. The van der Waals surface area contributed by atoms with Gasteiger partial charge in [0.05, 0.1) is 0 Å². The van der Waals surface area contributed by atoms with E-state index < -0.39 is 24.1 Å². The molecule has 1 unspecified atom stereocenters. The molecule has 2 aromatic carbocycles. The Morgan fingerprint density at radius 1 is 1.06 bits per heavy atom. The van der Waals surface area contributed by atoms with Crippen LogP contribution in [0.15, 0.2) is 48.5 Å². The minimum Gasteiger partial charge on any atom is -0.480 e. The number of carbonyl (C=O) groups excluding carboxylic acids is 2. The zero-order chi connectivity index (χ0) is 24.5. The number of carbonyl (C=O) groups is 3. The fourth-order valence-electron chi connectivity index (χ4n) is 5.08. The Balaban J connectivity index is 1.46. The van der Waals surface area contributed by atoms with Crippen molar-refractivity contribution in [2.24, 2.45) is 5.41 Å². The molecular formula is C27H32N2O5. The Kier molecular flexibility index (Phi) is 6.64. The molecule has 7 nitrogen and oxygen atoms in total. The van der Waals surface area contributed by atoms with E-state index >= 15 is 0 Å². The zero-order valence-corrected chi connectivity index (χ0v) is 19.9. The molecule has 2 aliphatic rings. The zero-order valence-electron chi connectivity index (χ0n) is 19.9. The van der Waals surface area contributed by atoms with Gasteiger partial charge >= 0.3 is 12.1 Å². The molecule has 2 N–H and O–H groups in total. The lowest BCUT2D eigenvalue weighted by Gasteiger charge is -2.31. The van der Waals surface area contributed by atoms with E-state index in [1.165, 1.54) is 4.90 Å². The largest absolute Gasteiger partial charge is 0.480 e. The van der Waals surface area contributed by atoms with Crippen molar-refractivity contribution in [2.75, 3.05) is 13.2 Å². The lowest BCUT2D eigenvalue weighted by Crippen LogP contribution is -2.53. The van der Waals surface area contributed by atoms with E-state index in [-0.39, 0.29) is 23.8 Å². The minimum atomic E-state index is -1.01. The van der Waals surface area contributed by atoms with Crippen LogP contribution in [0.2, 0.25) is 0 Å². The Hall–Kier alpha value is -3.35. The minimum absolute atomic E-state index is 0.0788. The molecule has 2 atom stereocenters. The first-order valence-electron chi connectivity index (χ1n) is 11.8. The molecule has 0 bridgehead atoms. The maximum Gasteiger partial charge on any atom is 0.407 e. The maximum absolute atomic E-state index is 13.3. The van der Waals surface area contributed by atoms with Gasteiger partial charge in [0.1, 0.15) is 18.7 Å². The average Bonchev–Trinajstić information content (AvgIpc) is 3.39. The quantitative estimate of drug-likeness (QED) is 0.660. The highest BCUT2D eigenvalue weighted by Gasteiger charge is 2.39. The van der Waals surface area contributed by atoms with Crippen LogP contribution in [0.3, 0.4) is 0 Å². The number of likely N-dealkylation sites (tertiary alicyclic amines) is 1. The highest BCUT2D eigenvalue weighted by atomic mass is 16.5. The van der Waals surface area contributed by atoms with Gasteiger partial charge in [-0.25, -0.2) is 9.59 Å². The number of ether oxygens (including phenoxy) is 1. The molecule has 2 aromatic rings. The molecule has 4 rings (SSSR count). The number of benzene rings is 2. The number of hydrogen-bond acceptors (Lipinski definition) is 4. The smallest absolute Gasteiger partial charge is 0.407 e. The van der Waals surface area contributed by atoms with Crippen LogP contribution in [0.25, 0.3) is 11.1 Å². The van der Waals surface area contributed by atoms with Gasteiger partial charge in [0, 0.05) is 12.5 Å². The Morgan fingerprint density at radius 3 is 2.21 bits per heavy atom. The van der Waals surface area contributed by atoms with E-state index in [9.17, 15) is 19.5 Å². The summed E-state index contributed by atoms with van der Waals surface area (Å²) in [6.45, 7) is 6.46. The van der Waals surface area contributed by atoms with Crippen molar-refractivity contribution >= 4 is 18.0 Å². The van der Waals surface area contributed by atoms with Crippen LogP contribution in [0, 0.1) is 5.41 Å². The van der Waals surface area contributed by atoms with Crippen molar-refractivity contribution in [2.45, 2.75) is 58.0 Å². The van der Waals surface area contributed by atoms with Gasteiger partial charge in [-0.1, -0.05) is 69.3 Å². The second-order valence-electron chi connectivity index (χ2n) is 10.3. The molecule has 0 radical (unpaired) electrons. The summed E-state index contributed by atoms with van der Waals surface area (Å²) in [7, 11) is 0. The van der Waals surface area contributed by atoms with Gasteiger partial charge in [-0.15, -0.1) is 0 Å². The fourth-order valence-corrected chi connectivity index (χ4v) is 5.08. The molecule has 1 heterocycles. The van der Waals surface area contributed by atoms with E-state index in [0.717, 1.165) is 22.3 Å².